The monoisotopic (exact) mass is 632 g/mol. The van der Waals surface area contributed by atoms with Crippen LogP contribution >= 0.6 is 22.7 Å². The Hall–Kier alpha value is -0.0821. The normalized spacial score (nSPS) is 13.8. The van der Waals surface area contributed by atoms with Crippen LogP contribution < -0.4 is 8.92 Å². The molecule has 0 saturated carbocycles. The van der Waals surface area contributed by atoms with Crippen LogP contribution in [0.1, 0.15) is 0 Å². The summed E-state index contributed by atoms with van der Waals surface area (Å²) in [5.41, 5.74) is 0. The molecule has 0 saturated heterocycles. The number of rotatable bonds is 0. The molecule has 5 heterocycles. The molecule has 0 aliphatic carbocycles. The topological polar surface area (TPSA) is 0 Å². The van der Waals surface area contributed by atoms with Crippen LogP contribution in [0, 0.1) is 0 Å². The van der Waals surface area contributed by atoms with Crippen molar-refractivity contribution in [3.8, 4) is 8.87 Å². The van der Waals surface area contributed by atoms with Gasteiger partial charge in [-0.2, -0.15) is 0 Å². The second-order valence-corrected chi connectivity index (χ2v) is 18.6. The van der Waals surface area contributed by atoms with Gasteiger partial charge in [-0.1, -0.05) is 0 Å². The van der Waals surface area contributed by atoms with E-state index >= 15 is 0 Å². The van der Waals surface area contributed by atoms with E-state index in [0.717, 1.165) is 0 Å². The summed E-state index contributed by atoms with van der Waals surface area (Å²) in [6, 6.07) is 18.1. The Kier molecular flexibility index (Phi) is 3.48. The van der Waals surface area contributed by atoms with Gasteiger partial charge in [0, 0.05) is 0 Å². The van der Waals surface area contributed by atoms with Crippen molar-refractivity contribution in [3.05, 3.63) is 48.5 Å². The summed E-state index contributed by atoms with van der Waals surface area (Å²) >= 11 is 6.51. The van der Waals surface area contributed by atoms with Crippen LogP contribution in [0.25, 0.3) is 47.0 Å². The minimum atomic E-state index is 0.523. The molecule has 6 heteroatoms. The van der Waals surface area contributed by atoms with Crippen molar-refractivity contribution in [3.63, 3.8) is 0 Å². The summed E-state index contributed by atoms with van der Waals surface area (Å²) in [6.45, 7) is 0. The van der Waals surface area contributed by atoms with Gasteiger partial charge in [-0.25, -0.2) is 0 Å². The molecule has 0 amide bonds. The molecular weight excluding hydrogens is 620 g/mol. The third kappa shape index (κ3) is 2.02. The SMILES string of the molecule is c1ccc2c(c1)sc1c3c([se]c12)-c1[se]c2c(sc4ccccc42)c1[Se][Se]3. The van der Waals surface area contributed by atoms with Crippen LogP contribution in [0.2, 0.25) is 0 Å². The van der Waals surface area contributed by atoms with Crippen LogP contribution in [-0.4, -0.2) is 55.3 Å². The predicted octanol–water partition coefficient (Wildman–Crippen LogP) is 3.79. The average molecular weight is 628 g/mol. The van der Waals surface area contributed by atoms with Gasteiger partial charge in [0.1, 0.15) is 0 Å². The molecule has 0 bridgehead atoms. The van der Waals surface area contributed by atoms with Gasteiger partial charge in [0.25, 0.3) is 0 Å². The number of benzene rings is 2. The molecule has 6 aromatic rings. The van der Waals surface area contributed by atoms with E-state index in [9.17, 15) is 0 Å². The molecule has 0 unspecified atom stereocenters. The summed E-state index contributed by atoms with van der Waals surface area (Å²) in [5, 5.41) is 3.08. The zero-order valence-corrected chi connectivity index (χ0v) is 21.6. The summed E-state index contributed by atoms with van der Waals surface area (Å²) in [7, 11) is 0. The molecular formula is C20H8S2Se4. The van der Waals surface area contributed by atoms with Crippen molar-refractivity contribution in [1.29, 1.82) is 0 Å². The second-order valence-electron chi connectivity index (χ2n) is 6.20. The number of thiophene rings is 2. The summed E-state index contributed by atoms with van der Waals surface area (Å²) in [5.74, 6) is 0. The third-order valence-corrected chi connectivity index (χ3v) is 22.6. The molecule has 0 radical (unpaired) electrons. The number of hydrogen-bond acceptors (Lipinski definition) is 2. The van der Waals surface area contributed by atoms with E-state index in [0.29, 0.717) is 55.3 Å². The van der Waals surface area contributed by atoms with Crippen LogP contribution in [0.15, 0.2) is 48.5 Å². The Bertz CT molecular complexity index is 1380. The molecule has 0 nitrogen and oxygen atoms in total. The van der Waals surface area contributed by atoms with Gasteiger partial charge in [-0.05, 0) is 0 Å². The molecule has 2 aromatic carbocycles. The Morgan fingerprint density at radius 2 is 1.04 bits per heavy atom. The van der Waals surface area contributed by atoms with Crippen molar-refractivity contribution in [2.75, 3.05) is 0 Å². The Balaban J connectivity index is 1.58. The summed E-state index contributed by atoms with van der Waals surface area (Å²) < 4.78 is 16.9. The van der Waals surface area contributed by atoms with E-state index in [1.807, 2.05) is 0 Å². The van der Waals surface area contributed by atoms with E-state index in [4.69, 9.17) is 0 Å². The van der Waals surface area contributed by atoms with Gasteiger partial charge in [-0.15, -0.1) is 0 Å². The molecule has 0 fully saturated rings. The molecule has 0 atom stereocenters. The van der Waals surface area contributed by atoms with E-state index < -0.39 is 0 Å². The molecule has 0 spiro atoms. The third-order valence-electron chi connectivity index (χ3n) is 4.75. The fourth-order valence-electron chi connectivity index (χ4n) is 3.58. The van der Waals surface area contributed by atoms with Gasteiger partial charge >= 0.3 is 182 Å². The standard InChI is InChI=1S/C20H8S2Se4/c1-3-7-11-9(5-1)15-13(21-11)17-19(23-15)20-18(26-25-17)14-16(24-20)10-6-2-4-8-12(10)22-14/h1-8H. The van der Waals surface area contributed by atoms with E-state index in [1.54, 1.807) is 35.7 Å². The van der Waals surface area contributed by atoms with Crippen LogP contribution in [0.3, 0.4) is 0 Å². The first kappa shape index (κ1) is 15.8. The van der Waals surface area contributed by atoms with Gasteiger partial charge in [-0.3, -0.25) is 0 Å². The maximum absolute atomic E-state index is 2.35. The Morgan fingerprint density at radius 3 is 1.54 bits per heavy atom. The summed E-state index contributed by atoms with van der Waals surface area (Å²) in [6.07, 6.45) is 0. The minimum absolute atomic E-state index is 0.523. The van der Waals surface area contributed by atoms with Gasteiger partial charge in [0.05, 0.1) is 0 Å². The van der Waals surface area contributed by atoms with Gasteiger partial charge < -0.3 is 0 Å². The number of hydrogen-bond donors (Lipinski definition) is 0. The second kappa shape index (κ2) is 5.72. The fraction of sp³-hybridized carbons (Fsp3) is 0. The van der Waals surface area contributed by atoms with Crippen molar-refractivity contribution in [1.82, 2.24) is 0 Å². The Morgan fingerprint density at radius 1 is 0.577 bits per heavy atom. The molecule has 124 valence electrons. The Labute approximate surface area is 180 Å². The average Bonchev–Trinajstić information content (AvgIpc) is 3.38. The molecule has 4 aromatic heterocycles. The van der Waals surface area contributed by atoms with Crippen molar-refractivity contribution in [2.45, 2.75) is 0 Å². The van der Waals surface area contributed by atoms with Crippen molar-refractivity contribution in [2.24, 2.45) is 0 Å². The van der Waals surface area contributed by atoms with E-state index in [2.05, 4.69) is 71.2 Å². The molecule has 1 aliphatic heterocycles. The first-order valence-electron chi connectivity index (χ1n) is 8.11. The van der Waals surface area contributed by atoms with Crippen molar-refractivity contribution < 1.29 is 0 Å². The first-order valence-corrected chi connectivity index (χ1v) is 19.2. The fourth-order valence-corrected chi connectivity index (χ4v) is 28.0. The summed E-state index contributed by atoms with van der Waals surface area (Å²) in [4.78, 5) is 0. The van der Waals surface area contributed by atoms with Crippen LogP contribution in [0.5, 0.6) is 0 Å². The maximum atomic E-state index is 2.35. The van der Waals surface area contributed by atoms with E-state index in [-0.39, 0.29) is 0 Å². The van der Waals surface area contributed by atoms with E-state index in [1.165, 1.54) is 20.2 Å². The predicted molar refractivity (Wildman–Crippen MR) is 122 cm³/mol. The van der Waals surface area contributed by atoms with Gasteiger partial charge in [0.15, 0.2) is 0 Å². The zero-order chi connectivity index (χ0) is 16.8. The number of fused-ring (bicyclic) bond motifs is 11. The first-order chi connectivity index (χ1) is 12.9. The quantitative estimate of drug-likeness (QED) is 0.225. The zero-order valence-electron chi connectivity index (χ0n) is 13.1. The van der Waals surface area contributed by atoms with Gasteiger partial charge in [0.2, 0.25) is 0 Å². The van der Waals surface area contributed by atoms with Crippen molar-refractivity contribution >= 4 is 125 Å². The molecule has 7 rings (SSSR count). The molecule has 0 N–H and O–H groups in total. The molecule has 1 aliphatic rings. The van der Waals surface area contributed by atoms with Crippen LogP contribution in [-0.2, 0) is 0 Å². The van der Waals surface area contributed by atoms with Crippen LogP contribution in [0.4, 0.5) is 0 Å². The molecule has 26 heavy (non-hydrogen) atoms.